The molecule has 7 nitrogen and oxygen atoms in total. The number of carboxylic acids is 1. The number of nitro groups is 1. The Bertz CT molecular complexity index is 531. The van der Waals surface area contributed by atoms with Crippen molar-refractivity contribution in [1.29, 1.82) is 0 Å². The molecule has 1 atom stereocenters. The average molecular weight is 280 g/mol. The minimum atomic E-state index is -1.13. The van der Waals surface area contributed by atoms with E-state index in [-0.39, 0.29) is 11.3 Å². The van der Waals surface area contributed by atoms with Crippen molar-refractivity contribution in [2.75, 3.05) is 0 Å². The van der Waals surface area contributed by atoms with E-state index >= 15 is 0 Å². The Morgan fingerprint density at radius 2 is 1.75 bits per heavy atom. The summed E-state index contributed by atoms with van der Waals surface area (Å²) < 4.78 is 0. The third-order valence-corrected chi connectivity index (χ3v) is 2.73. The van der Waals surface area contributed by atoms with Crippen molar-refractivity contribution >= 4 is 17.6 Å². The van der Waals surface area contributed by atoms with Crippen LogP contribution in [-0.2, 0) is 4.79 Å². The zero-order chi connectivity index (χ0) is 15.5. The minimum absolute atomic E-state index is 0.132. The first kappa shape index (κ1) is 15.6. The van der Waals surface area contributed by atoms with Crippen molar-refractivity contribution < 1.29 is 19.6 Å². The van der Waals surface area contributed by atoms with Crippen LogP contribution in [0.25, 0.3) is 0 Å². The molecular formula is C13H16N2O5. The molecule has 0 radical (unpaired) electrons. The first-order valence-electron chi connectivity index (χ1n) is 5.91. The van der Waals surface area contributed by atoms with Crippen LogP contribution < -0.4 is 5.32 Å². The largest absolute Gasteiger partial charge is 0.480 e. The number of amides is 1. The molecule has 1 aromatic rings. The van der Waals surface area contributed by atoms with Gasteiger partial charge in [-0.3, -0.25) is 14.9 Å². The predicted molar refractivity (Wildman–Crippen MR) is 71.4 cm³/mol. The number of aliphatic carboxylic acids is 1. The third kappa shape index (κ3) is 3.78. The molecule has 20 heavy (non-hydrogen) atoms. The quantitative estimate of drug-likeness (QED) is 0.645. The molecule has 0 aliphatic heterocycles. The van der Waals surface area contributed by atoms with Crippen molar-refractivity contribution in [3.8, 4) is 0 Å². The summed E-state index contributed by atoms with van der Waals surface area (Å²) in [6, 6.07) is 3.92. The number of rotatable bonds is 4. The Morgan fingerprint density at radius 3 is 2.10 bits per heavy atom. The summed E-state index contributed by atoms with van der Waals surface area (Å²) in [7, 11) is 0. The molecule has 0 spiro atoms. The number of non-ortho nitro benzene ring substituents is 1. The van der Waals surface area contributed by atoms with Crippen LogP contribution in [0.3, 0.4) is 0 Å². The van der Waals surface area contributed by atoms with Crippen LogP contribution in [0.15, 0.2) is 24.3 Å². The van der Waals surface area contributed by atoms with Crippen LogP contribution in [0.1, 0.15) is 31.1 Å². The number of benzene rings is 1. The van der Waals surface area contributed by atoms with Crippen LogP contribution in [0.4, 0.5) is 5.69 Å². The number of carboxylic acid groups (broad SMARTS) is 1. The number of carbonyl (C=O) groups excluding carboxylic acids is 1. The molecule has 0 saturated heterocycles. The maximum Gasteiger partial charge on any atom is 0.326 e. The fourth-order valence-corrected chi connectivity index (χ4v) is 1.60. The third-order valence-electron chi connectivity index (χ3n) is 2.73. The molecule has 0 aliphatic carbocycles. The zero-order valence-corrected chi connectivity index (χ0v) is 11.4. The first-order chi connectivity index (χ1) is 9.12. The number of carbonyl (C=O) groups is 2. The van der Waals surface area contributed by atoms with E-state index in [2.05, 4.69) is 5.32 Å². The van der Waals surface area contributed by atoms with E-state index in [1.807, 2.05) is 0 Å². The van der Waals surface area contributed by atoms with Crippen LogP contribution in [0.2, 0.25) is 0 Å². The fourth-order valence-electron chi connectivity index (χ4n) is 1.60. The van der Waals surface area contributed by atoms with Gasteiger partial charge in [-0.1, -0.05) is 20.8 Å². The molecule has 0 bridgehead atoms. The molecule has 0 heterocycles. The van der Waals surface area contributed by atoms with Gasteiger partial charge in [-0.15, -0.1) is 0 Å². The Kier molecular flexibility index (Phi) is 4.44. The summed E-state index contributed by atoms with van der Waals surface area (Å²) in [5.74, 6) is -1.71. The summed E-state index contributed by atoms with van der Waals surface area (Å²) in [6.45, 7) is 5.09. The standard InChI is InChI=1S/C13H16N2O5/c1-13(2,3)10(12(17)18)14-11(16)8-4-6-9(7-5-8)15(19)20/h4-7,10H,1-3H3,(H,14,16)(H,17,18). The monoisotopic (exact) mass is 280 g/mol. The Labute approximate surface area is 115 Å². The number of nitro benzene ring substituents is 1. The van der Waals surface area contributed by atoms with Gasteiger partial charge in [0.2, 0.25) is 0 Å². The fraction of sp³-hybridized carbons (Fsp3) is 0.385. The van der Waals surface area contributed by atoms with E-state index in [1.54, 1.807) is 20.8 Å². The lowest BCUT2D eigenvalue weighted by atomic mass is 9.86. The minimum Gasteiger partial charge on any atom is -0.480 e. The van der Waals surface area contributed by atoms with Gasteiger partial charge in [-0.25, -0.2) is 4.79 Å². The van der Waals surface area contributed by atoms with E-state index in [4.69, 9.17) is 5.11 Å². The molecule has 0 aliphatic rings. The van der Waals surface area contributed by atoms with Gasteiger partial charge in [0.05, 0.1) is 4.92 Å². The average Bonchev–Trinajstić information content (AvgIpc) is 2.33. The van der Waals surface area contributed by atoms with Crippen molar-refractivity contribution in [1.82, 2.24) is 5.32 Å². The Balaban J connectivity index is 2.90. The number of nitrogens with zero attached hydrogens (tertiary/aromatic N) is 1. The maximum atomic E-state index is 11.9. The molecule has 1 aromatic carbocycles. The molecule has 108 valence electrons. The van der Waals surface area contributed by atoms with Gasteiger partial charge >= 0.3 is 5.97 Å². The van der Waals surface area contributed by atoms with E-state index in [0.29, 0.717) is 0 Å². The highest BCUT2D eigenvalue weighted by Gasteiger charge is 2.32. The van der Waals surface area contributed by atoms with E-state index in [1.165, 1.54) is 24.3 Å². The van der Waals surface area contributed by atoms with E-state index < -0.39 is 28.3 Å². The van der Waals surface area contributed by atoms with E-state index in [0.717, 1.165) is 0 Å². The smallest absolute Gasteiger partial charge is 0.326 e. The molecule has 0 saturated carbocycles. The van der Waals surface area contributed by atoms with Crippen molar-refractivity contribution in [2.45, 2.75) is 26.8 Å². The molecule has 2 N–H and O–H groups in total. The summed E-state index contributed by atoms with van der Waals surface area (Å²) in [4.78, 5) is 33.0. The van der Waals surface area contributed by atoms with Gasteiger partial charge < -0.3 is 10.4 Å². The van der Waals surface area contributed by atoms with Crippen molar-refractivity contribution in [3.05, 3.63) is 39.9 Å². The second-order valence-corrected chi connectivity index (χ2v) is 5.41. The lowest BCUT2D eigenvalue weighted by Gasteiger charge is -2.27. The van der Waals surface area contributed by atoms with Crippen molar-refractivity contribution in [3.63, 3.8) is 0 Å². The number of nitrogens with one attached hydrogen (secondary N) is 1. The highest BCUT2D eigenvalue weighted by Crippen LogP contribution is 2.20. The van der Waals surface area contributed by atoms with E-state index in [9.17, 15) is 19.7 Å². The zero-order valence-electron chi connectivity index (χ0n) is 11.4. The molecule has 1 rings (SSSR count). The SMILES string of the molecule is CC(C)(C)C(NC(=O)c1ccc([N+](=O)[O-])cc1)C(=O)O. The molecule has 0 aromatic heterocycles. The van der Waals surface area contributed by atoms with Gasteiger partial charge in [-0.2, -0.15) is 0 Å². The van der Waals surface area contributed by atoms with Crippen LogP contribution in [0, 0.1) is 15.5 Å². The summed E-state index contributed by atoms with van der Waals surface area (Å²) in [5, 5.41) is 22.0. The molecule has 0 fully saturated rings. The summed E-state index contributed by atoms with van der Waals surface area (Å²) >= 11 is 0. The number of hydrogen-bond acceptors (Lipinski definition) is 4. The molecule has 1 amide bonds. The topological polar surface area (TPSA) is 110 Å². The summed E-state index contributed by atoms with van der Waals surface area (Å²) in [6.07, 6.45) is 0. The molecular weight excluding hydrogens is 264 g/mol. The van der Waals surface area contributed by atoms with Gasteiger partial charge in [0.15, 0.2) is 0 Å². The van der Waals surface area contributed by atoms with Gasteiger partial charge in [-0.05, 0) is 17.5 Å². The highest BCUT2D eigenvalue weighted by molar-refractivity contribution is 5.96. The van der Waals surface area contributed by atoms with Gasteiger partial charge in [0.1, 0.15) is 6.04 Å². The van der Waals surface area contributed by atoms with Gasteiger partial charge in [0, 0.05) is 17.7 Å². The lowest BCUT2D eigenvalue weighted by molar-refractivity contribution is -0.384. The van der Waals surface area contributed by atoms with Gasteiger partial charge in [0.25, 0.3) is 11.6 Å². The van der Waals surface area contributed by atoms with Crippen molar-refractivity contribution in [2.24, 2.45) is 5.41 Å². The van der Waals surface area contributed by atoms with Crippen LogP contribution >= 0.6 is 0 Å². The predicted octanol–water partition coefficient (Wildman–Crippen LogP) is 1.82. The first-order valence-corrected chi connectivity index (χ1v) is 5.91. The summed E-state index contributed by atoms with van der Waals surface area (Å²) in [5.41, 5.74) is -0.610. The maximum absolute atomic E-state index is 11.9. The number of hydrogen-bond donors (Lipinski definition) is 2. The van der Waals surface area contributed by atoms with Crippen LogP contribution in [-0.4, -0.2) is 27.9 Å². The van der Waals surface area contributed by atoms with Crippen LogP contribution in [0.5, 0.6) is 0 Å². The second kappa shape index (κ2) is 5.68. The Morgan fingerprint density at radius 1 is 1.25 bits per heavy atom. The Hall–Kier alpha value is -2.44. The lowest BCUT2D eigenvalue weighted by Crippen LogP contribution is -2.49. The highest BCUT2D eigenvalue weighted by atomic mass is 16.6. The second-order valence-electron chi connectivity index (χ2n) is 5.41. The molecule has 1 unspecified atom stereocenters. The molecule has 7 heteroatoms. The normalized spacial score (nSPS) is 12.6.